The van der Waals surface area contributed by atoms with Gasteiger partial charge in [-0.25, -0.2) is 8.78 Å². The molecule has 0 aliphatic rings. The summed E-state index contributed by atoms with van der Waals surface area (Å²) in [7, 11) is 0. The van der Waals surface area contributed by atoms with Crippen LogP contribution in [0.15, 0.2) is 28.4 Å². The van der Waals surface area contributed by atoms with Crippen LogP contribution in [0.3, 0.4) is 0 Å². The number of rotatable bonds is 4. The molecular formula is C10H13F2NO. The molecule has 0 fully saturated rings. The highest BCUT2D eigenvalue weighted by Crippen LogP contribution is 2.20. The maximum absolute atomic E-state index is 12.4. The van der Waals surface area contributed by atoms with E-state index in [2.05, 4.69) is 0 Å². The average molecular weight is 201 g/mol. The third-order valence-electron chi connectivity index (χ3n) is 2.06. The Morgan fingerprint density at radius 1 is 1.64 bits per heavy atom. The summed E-state index contributed by atoms with van der Waals surface area (Å²) in [5.41, 5.74) is 5.79. The molecule has 78 valence electrons. The summed E-state index contributed by atoms with van der Waals surface area (Å²) < 4.78 is 29.9. The van der Waals surface area contributed by atoms with E-state index in [0.717, 1.165) is 0 Å². The normalized spacial score (nSPS) is 14.8. The van der Waals surface area contributed by atoms with Crippen LogP contribution in [0.2, 0.25) is 0 Å². The lowest BCUT2D eigenvalue weighted by atomic mass is 10.0. The van der Waals surface area contributed by atoms with Gasteiger partial charge in [-0.1, -0.05) is 5.57 Å². The lowest BCUT2D eigenvalue weighted by Gasteiger charge is -2.13. The van der Waals surface area contributed by atoms with E-state index < -0.39 is 12.3 Å². The van der Waals surface area contributed by atoms with E-state index in [1.807, 2.05) is 0 Å². The summed E-state index contributed by atoms with van der Waals surface area (Å²) in [6.45, 7) is 1.58. The van der Waals surface area contributed by atoms with Crippen molar-refractivity contribution in [2.24, 2.45) is 11.7 Å². The van der Waals surface area contributed by atoms with Crippen LogP contribution >= 0.6 is 0 Å². The van der Waals surface area contributed by atoms with Gasteiger partial charge in [-0.15, -0.1) is 0 Å². The van der Waals surface area contributed by atoms with Crippen molar-refractivity contribution in [2.75, 3.05) is 6.54 Å². The first-order chi connectivity index (χ1) is 6.65. The molecule has 0 spiro atoms. The molecule has 0 radical (unpaired) electrons. The summed E-state index contributed by atoms with van der Waals surface area (Å²) in [5, 5.41) is 0. The zero-order valence-corrected chi connectivity index (χ0v) is 7.91. The molecule has 0 saturated carbocycles. The third-order valence-corrected chi connectivity index (χ3v) is 2.06. The first-order valence-corrected chi connectivity index (χ1v) is 4.35. The zero-order chi connectivity index (χ0) is 10.6. The fraction of sp³-hybridized carbons (Fsp3) is 0.400. The van der Waals surface area contributed by atoms with Gasteiger partial charge in [0.2, 0.25) is 6.43 Å². The monoisotopic (exact) mass is 201 g/mol. The van der Waals surface area contributed by atoms with Crippen molar-refractivity contribution >= 4 is 6.08 Å². The van der Waals surface area contributed by atoms with Crippen molar-refractivity contribution in [1.82, 2.24) is 0 Å². The predicted octanol–water partition coefficient (Wildman–Crippen LogP) is 2.52. The number of furan rings is 1. The Morgan fingerprint density at radius 3 is 2.79 bits per heavy atom. The Balaban J connectivity index is 2.76. The second kappa shape index (κ2) is 4.91. The standard InChI is InChI=1S/C10H13F2NO/c1-7(9(6-13)10(11)12)5-8-3-2-4-14-8/h2-5,9-10H,6,13H2,1H3/b7-5+. The fourth-order valence-electron chi connectivity index (χ4n) is 1.19. The molecule has 2 N–H and O–H groups in total. The van der Waals surface area contributed by atoms with Gasteiger partial charge in [0.25, 0.3) is 0 Å². The highest BCUT2D eigenvalue weighted by Gasteiger charge is 2.20. The minimum Gasteiger partial charge on any atom is -0.465 e. The van der Waals surface area contributed by atoms with Crippen LogP contribution in [0.5, 0.6) is 0 Å². The van der Waals surface area contributed by atoms with Crippen molar-refractivity contribution in [3.05, 3.63) is 29.7 Å². The van der Waals surface area contributed by atoms with Gasteiger partial charge in [0.1, 0.15) is 5.76 Å². The van der Waals surface area contributed by atoms with Gasteiger partial charge in [0.05, 0.1) is 12.2 Å². The molecule has 1 heterocycles. The second-order valence-corrected chi connectivity index (χ2v) is 3.08. The van der Waals surface area contributed by atoms with Gasteiger partial charge < -0.3 is 10.2 Å². The number of hydrogen-bond donors (Lipinski definition) is 1. The lowest BCUT2D eigenvalue weighted by Crippen LogP contribution is -2.22. The Labute approximate surface area is 81.4 Å². The topological polar surface area (TPSA) is 39.2 Å². The molecule has 1 aromatic rings. The van der Waals surface area contributed by atoms with Crippen molar-refractivity contribution in [1.29, 1.82) is 0 Å². The number of nitrogens with two attached hydrogens (primary N) is 1. The smallest absolute Gasteiger partial charge is 0.246 e. The molecule has 0 bridgehead atoms. The van der Waals surface area contributed by atoms with Crippen LogP contribution in [0.4, 0.5) is 8.78 Å². The van der Waals surface area contributed by atoms with Crippen LogP contribution < -0.4 is 5.73 Å². The van der Waals surface area contributed by atoms with E-state index in [1.165, 1.54) is 6.26 Å². The molecule has 1 unspecified atom stereocenters. The molecule has 1 rings (SSSR count). The summed E-state index contributed by atoms with van der Waals surface area (Å²) in [6, 6.07) is 3.42. The molecule has 2 nitrogen and oxygen atoms in total. The Morgan fingerprint density at radius 2 is 2.36 bits per heavy atom. The van der Waals surface area contributed by atoms with E-state index in [1.54, 1.807) is 25.1 Å². The van der Waals surface area contributed by atoms with Gasteiger partial charge in [0.15, 0.2) is 0 Å². The van der Waals surface area contributed by atoms with Gasteiger partial charge in [0, 0.05) is 6.54 Å². The first kappa shape index (κ1) is 10.9. The van der Waals surface area contributed by atoms with Crippen LogP contribution in [0, 0.1) is 5.92 Å². The van der Waals surface area contributed by atoms with Crippen LogP contribution in [0.1, 0.15) is 12.7 Å². The third kappa shape index (κ3) is 2.67. The van der Waals surface area contributed by atoms with Gasteiger partial charge in [-0.3, -0.25) is 0 Å². The Hall–Kier alpha value is -1.16. The van der Waals surface area contributed by atoms with Gasteiger partial charge in [-0.05, 0) is 25.1 Å². The Bertz CT molecular complexity index is 293. The minimum atomic E-state index is -2.42. The van der Waals surface area contributed by atoms with Crippen molar-refractivity contribution in [2.45, 2.75) is 13.3 Å². The highest BCUT2D eigenvalue weighted by molar-refractivity contribution is 5.47. The molecule has 1 aromatic heterocycles. The SMILES string of the molecule is C/C(=C\c1ccco1)C(CN)C(F)F. The highest BCUT2D eigenvalue weighted by atomic mass is 19.3. The molecule has 1 atom stereocenters. The molecule has 0 aliphatic heterocycles. The molecule has 0 aliphatic carbocycles. The number of halogens is 2. The molecule has 0 amide bonds. The summed E-state index contributed by atoms with van der Waals surface area (Å²) in [4.78, 5) is 0. The maximum Gasteiger partial charge on any atom is 0.246 e. The van der Waals surface area contributed by atoms with Crippen molar-refractivity contribution in [3.63, 3.8) is 0 Å². The van der Waals surface area contributed by atoms with E-state index in [4.69, 9.17) is 10.2 Å². The molecule has 0 saturated heterocycles. The van der Waals surface area contributed by atoms with E-state index in [9.17, 15) is 8.78 Å². The van der Waals surface area contributed by atoms with Crippen molar-refractivity contribution < 1.29 is 13.2 Å². The van der Waals surface area contributed by atoms with E-state index >= 15 is 0 Å². The molecule has 14 heavy (non-hydrogen) atoms. The summed E-state index contributed by atoms with van der Waals surface area (Å²) in [5.74, 6) is -0.318. The lowest BCUT2D eigenvalue weighted by molar-refractivity contribution is 0.0990. The molecule has 0 aromatic carbocycles. The number of alkyl halides is 2. The number of hydrogen-bond acceptors (Lipinski definition) is 2. The van der Waals surface area contributed by atoms with Crippen LogP contribution in [0.25, 0.3) is 6.08 Å². The van der Waals surface area contributed by atoms with E-state index in [-0.39, 0.29) is 6.54 Å². The average Bonchev–Trinajstić information content (AvgIpc) is 2.57. The summed E-state index contributed by atoms with van der Waals surface area (Å²) >= 11 is 0. The minimum absolute atomic E-state index is 0.0549. The second-order valence-electron chi connectivity index (χ2n) is 3.08. The van der Waals surface area contributed by atoms with Gasteiger partial charge in [-0.2, -0.15) is 0 Å². The molecule has 4 heteroatoms. The zero-order valence-electron chi connectivity index (χ0n) is 7.91. The fourth-order valence-corrected chi connectivity index (χ4v) is 1.19. The van der Waals surface area contributed by atoms with Crippen LogP contribution in [-0.4, -0.2) is 13.0 Å². The Kier molecular flexibility index (Phi) is 3.83. The molecular weight excluding hydrogens is 188 g/mol. The largest absolute Gasteiger partial charge is 0.465 e. The maximum atomic E-state index is 12.4. The quantitative estimate of drug-likeness (QED) is 0.812. The van der Waals surface area contributed by atoms with Crippen molar-refractivity contribution in [3.8, 4) is 0 Å². The van der Waals surface area contributed by atoms with Gasteiger partial charge >= 0.3 is 0 Å². The van der Waals surface area contributed by atoms with E-state index in [0.29, 0.717) is 11.3 Å². The predicted molar refractivity (Wildman–Crippen MR) is 50.9 cm³/mol. The first-order valence-electron chi connectivity index (χ1n) is 4.35. The van der Waals surface area contributed by atoms with Crippen LogP contribution in [-0.2, 0) is 0 Å². The summed E-state index contributed by atoms with van der Waals surface area (Å²) in [6.07, 6.45) is 0.661.